The second-order valence-corrected chi connectivity index (χ2v) is 4.71. The third kappa shape index (κ3) is 2.87. The molecule has 80 valence electrons. The fraction of sp³-hybridized carbons (Fsp3) is 0.417. The van der Waals surface area contributed by atoms with E-state index in [1.54, 1.807) is 0 Å². The Morgan fingerprint density at radius 3 is 2.40 bits per heavy atom. The molecule has 3 heteroatoms. The summed E-state index contributed by atoms with van der Waals surface area (Å²) in [4.78, 5) is 0. The number of nitriles is 1. The second kappa shape index (κ2) is 4.12. The Hall–Kier alpha value is -1.20. The van der Waals surface area contributed by atoms with E-state index in [4.69, 9.17) is 16.9 Å². The molecule has 0 aliphatic carbocycles. The lowest BCUT2D eigenvalue weighted by Crippen LogP contribution is -2.29. The van der Waals surface area contributed by atoms with Gasteiger partial charge >= 0.3 is 0 Å². The summed E-state index contributed by atoms with van der Waals surface area (Å²) in [7, 11) is 0. The molecule has 0 saturated heterocycles. The van der Waals surface area contributed by atoms with Crippen LogP contribution in [-0.2, 0) is 0 Å². The van der Waals surface area contributed by atoms with Crippen LogP contribution in [0.1, 0.15) is 25.0 Å². The molecule has 1 aromatic rings. The van der Waals surface area contributed by atoms with Gasteiger partial charge in [0.1, 0.15) is 5.54 Å². The third-order valence-electron chi connectivity index (χ3n) is 2.15. The molecule has 1 N–H and O–H groups in total. The van der Waals surface area contributed by atoms with Crippen molar-refractivity contribution >= 4 is 17.3 Å². The summed E-state index contributed by atoms with van der Waals surface area (Å²) in [5.41, 5.74) is 2.42. The summed E-state index contributed by atoms with van der Waals surface area (Å²) in [5, 5.41) is 12.7. The fourth-order valence-corrected chi connectivity index (χ4v) is 1.78. The van der Waals surface area contributed by atoms with Crippen LogP contribution in [0.5, 0.6) is 0 Å². The van der Waals surface area contributed by atoms with Crippen molar-refractivity contribution < 1.29 is 0 Å². The van der Waals surface area contributed by atoms with E-state index >= 15 is 0 Å². The van der Waals surface area contributed by atoms with Crippen LogP contribution in [0.2, 0.25) is 5.02 Å². The topological polar surface area (TPSA) is 35.8 Å². The Kier molecular flexibility index (Phi) is 3.26. The first-order valence-corrected chi connectivity index (χ1v) is 5.20. The van der Waals surface area contributed by atoms with Crippen molar-refractivity contribution in [3.05, 3.63) is 28.3 Å². The molecule has 0 fully saturated rings. The zero-order valence-electron chi connectivity index (χ0n) is 9.48. The maximum Gasteiger partial charge on any atom is 0.119 e. The van der Waals surface area contributed by atoms with Crippen molar-refractivity contribution in [2.75, 3.05) is 5.32 Å². The monoisotopic (exact) mass is 222 g/mol. The van der Waals surface area contributed by atoms with Gasteiger partial charge in [0, 0.05) is 0 Å². The molecule has 0 heterocycles. The van der Waals surface area contributed by atoms with Gasteiger partial charge in [0.2, 0.25) is 0 Å². The molecule has 0 spiro atoms. The van der Waals surface area contributed by atoms with Gasteiger partial charge in [0.25, 0.3) is 0 Å². The van der Waals surface area contributed by atoms with Crippen molar-refractivity contribution in [3.63, 3.8) is 0 Å². The van der Waals surface area contributed by atoms with E-state index in [1.807, 2.05) is 39.8 Å². The molecule has 0 unspecified atom stereocenters. The normalized spacial score (nSPS) is 10.9. The van der Waals surface area contributed by atoms with Gasteiger partial charge in [0.15, 0.2) is 0 Å². The number of anilines is 1. The van der Waals surface area contributed by atoms with Gasteiger partial charge in [-0.1, -0.05) is 17.7 Å². The standard InChI is InChI=1S/C12H15ClN2/c1-8-5-9(2)11(10(13)6-8)15-12(3,4)7-14/h5-6,15H,1-4H3. The summed E-state index contributed by atoms with van der Waals surface area (Å²) in [6.07, 6.45) is 0. The molecule has 0 atom stereocenters. The lowest BCUT2D eigenvalue weighted by molar-refractivity contribution is 0.728. The van der Waals surface area contributed by atoms with Crippen molar-refractivity contribution in [2.45, 2.75) is 33.2 Å². The van der Waals surface area contributed by atoms with Crippen LogP contribution >= 0.6 is 11.6 Å². The molecular formula is C12H15ClN2. The van der Waals surface area contributed by atoms with E-state index in [-0.39, 0.29) is 0 Å². The molecule has 0 radical (unpaired) electrons. The van der Waals surface area contributed by atoms with E-state index < -0.39 is 5.54 Å². The predicted octanol–water partition coefficient (Wildman–Crippen LogP) is 3.67. The Labute approximate surface area is 95.9 Å². The molecule has 15 heavy (non-hydrogen) atoms. The quantitative estimate of drug-likeness (QED) is 0.829. The summed E-state index contributed by atoms with van der Waals surface area (Å²) in [6.45, 7) is 7.62. The minimum atomic E-state index is -0.607. The first-order chi connectivity index (χ1) is 6.85. The second-order valence-electron chi connectivity index (χ2n) is 4.30. The van der Waals surface area contributed by atoms with Gasteiger partial charge in [-0.05, 0) is 44.9 Å². The van der Waals surface area contributed by atoms with Gasteiger partial charge in [-0.15, -0.1) is 0 Å². The van der Waals surface area contributed by atoms with E-state index in [2.05, 4.69) is 11.4 Å². The Morgan fingerprint density at radius 2 is 1.93 bits per heavy atom. The Bertz CT molecular complexity index is 393. The van der Waals surface area contributed by atoms with Crippen molar-refractivity contribution in [3.8, 4) is 6.07 Å². The van der Waals surface area contributed by atoms with Gasteiger partial charge in [-0.25, -0.2) is 0 Å². The van der Waals surface area contributed by atoms with Crippen molar-refractivity contribution in [1.29, 1.82) is 5.26 Å². The van der Waals surface area contributed by atoms with Crippen LogP contribution in [0.3, 0.4) is 0 Å². The highest BCUT2D eigenvalue weighted by Gasteiger charge is 2.18. The third-order valence-corrected chi connectivity index (χ3v) is 2.45. The van der Waals surface area contributed by atoms with Gasteiger partial charge in [-0.3, -0.25) is 0 Å². The average Bonchev–Trinajstić information content (AvgIpc) is 2.11. The van der Waals surface area contributed by atoms with E-state index in [9.17, 15) is 0 Å². The maximum absolute atomic E-state index is 8.94. The first kappa shape index (κ1) is 11.9. The Morgan fingerprint density at radius 1 is 1.33 bits per heavy atom. The van der Waals surface area contributed by atoms with Crippen LogP contribution in [0.15, 0.2) is 12.1 Å². The molecule has 1 rings (SSSR count). The first-order valence-electron chi connectivity index (χ1n) is 4.82. The number of benzene rings is 1. The molecule has 0 aliphatic heterocycles. The zero-order chi connectivity index (χ0) is 11.6. The highest BCUT2D eigenvalue weighted by molar-refractivity contribution is 6.33. The molecule has 0 bridgehead atoms. The highest BCUT2D eigenvalue weighted by Crippen LogP contribution is 2.29. The van der Waals surface area contributed by atoms with E-state index in [1.165, 1.54) is 0 Å². The van der Waals surface area contributed by atoms with Gasteiger partial charge in [-0.2, -0.15) is 5.26 Å². The van der Waals surface area contributed by atoms with Crippen LogP contribution < -0.4 is 5.32 Å². The fourth-order valence-electron chi connectivity index (χ4n) is 1.41. The largest absolute Gasteiger partial charge is 0.366 e. The predicted molar refractivity (Wildman–Crippen MR) is 64.2 cm³/mol. The highest BCUT2D eigenvalue weighted by atomic mass is 35.5. The minimum Gasteiger partial charge on any atom is -0.366 e. The summed E-state index contributed by atoms with van der Waals surface area (Å²) >= 11 is 6.13. The minimum absolute atomic E-state index is 0.607. The number of nitrogens with one attached hydrogen (secondary N) is 1. The number of aryl methyl sites for hydroxylation is 2. The van der Waals surface area contributed by atoms with Crippen molar-refractivity contribution in [2.24, 2.45) is 0 Å². The number of hydrogen-bond donors (Lipinski definition) is 1. The maximum atomic E-state index is 8.94. The molecule has 0 amide bonds. The zero-order valence-corrected chi connectivity index (χ0v) is 10.2. The summed E-state index contributed by atoms with van der Waals surface area (Å²) < 4.78 is 0. The van der Waals surface area contributed by atoms with Crippen molar-refractivity contribution in [1.82, 2.24) is 0 Å². The average molecular weight is 223 g/mol. The lowest BCUT2D eigenvalue weighted by atomic mass is 10.0. The molecular weight excluding hydrogens is 208 g/mol. The number of hydrogen-bond acceptors (Lipinski definition) is 2. The smallest absolute Gasteiger partial charge is 0.119 e. The summed E-state index contributed by atoms with van der Waals surface area (Å²) in [6, 6.07) is 6.13. The lowest BCUT2D eigenvalue weighted by Gasteiger charge is -2.22. The van der Waals surface area contributed by atoms with Crippen LogP contribution in [0, 0.1) is 25.2 Å². The van der Waals surface area contributed by atoms with Crippen LogP contribution in [-0.4, -0.2) is 5.54 Å². The van der Waals surface area contributed by atoms with Crippen LogP contribution in [0.4, 0.5) is 5.69 Å². The Balaban J connectivity index is 3.12. The van der Waals surface area contributed by atoms with Crippen LogP contribution in [0.25, 0.3) is 0 Å². The molecule has 0 aliphatic rings. The molecule has 0 aromatic heterocycles. The SMILES string of the molecule is Cc1cc(C)c(NC(C)(C)C#N)c(Cl)c1. The number of halogens is 1. The molecule has 1 aromatic carbocycles. The number of rotatable bonds is 2. The van der Waals surface area contributed by atoms with E-state index in [0.29, 0.717) is 5.02 Å². The van der Waals surface area contributed by atoms with Gasteiger partial charge < -0.3 is 5.32 Å². The molecule has 2 nitrogen and oxygen atoms in total. The summed E-state index contributed by atoms with van der Waals surface area (Å²) in [5.74, 6) is 0. The molecule has 0 saturated carbocycles. The van der Waals surface area contributed by atoms with Gasteiger partial charge in [0.05, 0.1) is 16.8 Å². The number of nitrogens with zero attached hydrogens (tertiary/aromatic N) is 1. The van der Waals surface area contributed by atoms with E-state index in [0.717, 1.165) is 16.8 Å².